The van der Waals surface area contributed by atoms with Crippen molar-refractivity contribution in [3.05, 3.63) is 23.8 Å². The van der Waals surface area contributed by atoms with Crippen LogP contribution in [0.4, 0.5) is 0 Å². The molecule has 1 aromatic carbocycles. The molecule has 0 atom stereocenters. The van der Waals surface area contributed by atoms with E-state index in [2.05, 4.69) is 16.0 Å². The molecule has 0 aromatic heterocycles. The maximum Gasteiger partial charge on any atom is 0.258 e. The predicted octanol–water partition coefficient (Wildman–Crippen LogP) is 2.53. The van der Waals surface area contributed by atoms with Crippen molar-refractivity contribution in [3.8, 4) is 11.5 Å². The molecule has 0 fully saturated rings. The zero-order valence-electron chi connectivity index (χ0n) is 16.3. The first-order chi connectivity index (χ1) is 11.4. The summed E-state index contributed by atoms with van der Waals surface area (Å²) in [5.74, 6) is 1.10. The highest BCUT2D eigenvalue weighted by Gasteiger charge is 2.16. The van der Waals surface area contributed by atoms with Crippen LogP contribution in [0.5, 0.6) is 11.5 Å². The molecule has 152 valence electrons. The molecule has 0 unspecified atom stereocenters. The number of para-hydroxylation sites is 1. The number of hydrogen-bond donors (Lipinski definition) is 3. The molecule has 0 bridgehead atoms. The summed E-state index contributed by atoms with van der Waals surface area (Å²) in [5.41, 5.74) is 0.696. The van der Waals surface area contributed by atoms with Crippen molar-refractivity contribution in [2.75, 3.05) is 33.9 Å². The van der Waals surface area contributed by atoms with Gasteiger partial charge in [0.1, 0.15) is 0 Å². The maximum atomic E-state index is 12.0. The van der Waals surface area contributed by atoms with E-state index in [1.165, 1.54) is 0 Å². The van der Waals surface area contributed by atoms with Gasteiger partial charge in [0.25, 0.3) is 5.91 Å². The molecule has 0 aliphatic carbocycles. The molecule has 0 radical (unpaired) electrons. The highest BCUT2D eigenvalue weighted by atomic mass is 35.5. The maximum absolute atomic E-state index is 12.0. The molecule has 1 rings (SSSR count). The molecule has 0 saturated carbocycles. The van der Waals surface area contributed by atoms with Gasteiger partial charge in [0.05, 0.1) is 7.11 Å². The van der Waals surface area contributed by atoms with E-state index in [1.54, 1.807) is 7.11 Å². The van der Waals surface area contributed by atoms with Crippen molar-refractivity contribution in [2.24, 2.45) is 0 Å². The summed E-state index contributed by atoms with van der Waals surface area (Å²) in [6.45, 7) is 8.32. The number of carbonyl (C=O) groups is 1. The quantitative estimate of drug-likeness (QED) is 0.517. The number of halogens is 2. The Balaban J connectivity index is 0. The topological polar surface area (TPSA) is 71.6 Å². The van der Waals surface area contributed by atoms with Gasteiger partial charge in [-0.25, -0.2) is 0 Å². The zero-order chi connectivity index (χ0) is 18.0. The SMILES string of the molecule is CNCCCNCc1cccc(OC)c1OCC(=O)NC(C)(C)C.Cl.Cl. The lowest BCUT2D eigenvalue weighted by Crippen LogP contribution is -2.43. The molecular formula is C18H33Cl2N3O3. The molecular weight excluding hydrogens is 377 g/mol. The van der Waals surface area contributed by atoms with E-state index >= 15 is 0 Å². The van der Waals surface area contributed by atoms with E-state index in [0.717, 1.165) is 25.1 Å². The van der Waals surface area contributed by atoms with Crippen LogP contribution in [0.2, 0.25) is 0 Å². The summed E-state index contributed by atoms with van der Waals surface area (Å²) in [6, 6.07) is 5.73. The number of methoxy groups -OCH3 is 1. The number of carbonyl (C=O) groups excluding carboxylic acids is 1. The van der Waals surface area contributed by atoms with Gasteiger partial charge in [-0.2, -0.15) is 0 Å². The fraction of sp³-hybridized carbons (Fsp3) is 0.611. The van der Waals surface area contributed by atoms with E-state index in [9.17, 15) is 4.79 Å². The van der Waals surface area contributed by atoms with E-state index in [-0.39, 0.29) is 42.9 Å². The van der Waals surface area contributed by atoms with Gasteiger partial charge in [0.15, 0.2) is 18.1 Å². The molecule has 6 nitrogen and oxygen atoms in total. The summed E-state index contributed by atoms with van der Waals surface area (Å²) in [5, 5.41) is 9.38. The minimum atomic E-state index is -0.279. The summed E-state index contributed by atoms with van der Waals surface area (Å²) < 4.78 is 11.1. The second-order valence-electron chi connectivity index (χ2n) is 6.67. The molecule has 8 heteroatoms. The van der Waals surface area contributed by atoms with E-state index in [4.69, 9.17) is 9.47 Å². The molecule has 1 aromatic rings. The summed E-state index contributed by atoms with van der Waals surface area (Å²) >= 11 is 0. The number of ether oxygens (including phenoxy) is 2. The minimum absolute atomic E-state index is 0. The van der Waals surface area contributed by atoms with Gasteiger partial charge in [0.2, 0.25) is 0 Å². The van der Waals surface area contributed by atoms with Gasteiger partial charge >= 0.3 is 0 Å². The summed E-state index contributed by atoms with van der Waals surface area (Å²) in [7, 11) is 3.54. The lowest BCUT2D eigenvalue weighted by molar-refractivity contribution is -0.124. The van der Waals surface area contributed by atoms with Crippen LogP contribution < -0.4 is 25.4 Å². The average molecular weight is 410 g/mol. The number of hydrogen-bond acceptors (Lipinski definition) is 5. The Bertz CT molecular complexity index is 523. The Morgan fingerprint density at radius 1 is 1.15 bits per heavy atom. The second-order valence-corrected chi connectivity index (χ2v) is 6.67. The number of rotatable bonds is 10. The molecule has 0 saturated heterocycles. The van der Waals surface area contributed by atoms with Crippen LogP contribution in [-0.2, 0) is 11.3 Å². The Labute approximate surface area is 169 Å². The van der Waals surface area contributed by atoms with Crippen LogP contribution in [0, 0.1) is 0 Å². The van der Waals surface area contributed by atoms with Gasteiger partial charge < -0.3 is 25.4 Å². The Morgan fingerprint density at radius 3 is 2.42 bits per heavy atom. The summed E-state index contributed by atoms with van der Waals surface area (Å²) in [6.07, 6.45) is 1.05. The third-order valence-electron chi connectivity index (χ3n) is 3.24. The van der Waals surface area contributed by atoms with E-state index in [1.807, 2.05) is 46.0 Å². The molecule has 0 spiro atoms. The van der Waals surface area contributed by atoms with Gasteiger partial charge in [0, 0.05) is 17.6 Å². The van der Waals surface area contributed by atoms with Crippen LogP contribution in [0.1, 0.15) is 32.8 Å². The molecule has 26 heavy (non-hydrogen) atoms. The molecule has 0 aliphatic rings. The van der Waals surface area contributed by atoms with Crippen molar-refractivity contribution in [3.63, 3.8) is 0 Å². The lowest BCUT2D eigenvalue weighted by atomic mass is 10.1. The normalized spacial score (nSPS) is 10.3. The monoisotopic (exact) mass is 409 g/mol. The van der Waals surface area contributed by atoms with Crippen molar-refractivity contribution in [1.29, 1.82) is 0 Å². The zero-order valence-corrected chi connectivity index (χ0v) is 17.9. The Morgan fingerprint density at radius 2 is 1.85 bits per heavy atom. The number of benzene rings is 1. The first-order valence-corrected chi connectivity index (χ1v) is 8.32. The lowest BCUT2D eigenvalue weighted by Gasteiger charge is -2.21. The second kappa shape index (κ2) is 13.9. The Hall–Kier alpha value is -1.21. The van der Waals surface area contributed by atoms with Crippen molar-refractivity contribution in [1.82, 2.24) is 16.0 Å². The number of amides is 1. The van der Waals surface area contributed by atoms with Gasteiger partial charge in [-0.1, -0.05) is 12.1 Å². The van der Waals surface area contributed by atoms with Crippen LogP contribution in [0.25, 0.3) is 0 Å². The smallest absolute Gasteiger partial charge is 0.258 e. The van der Waals surface area contributed by atoms with E-state index < -0.39 is 0 Å². The highest BCUT2D eigenvalue weighted by molar-refractivity contribution is 5.85. The van der Waals surface area contributed by atoms with Crippen LogP contribution in [0.15, 0.2) is 18.2 Å². The van der Waals surface area contributed by atoms with Crippen LogP contribution in [-0.4, -0.2) is 45.3 Å². The highest BCUT2D eigenvalue weighted by Crippen LogP contribution is 2.31. The van der Waals surface area contributed by atoms with E-state index in [0.29, 0.717) is 18.0 Å². The summed E-state index contributed by atoms with van der Waals surface area (Å²) in [4.78, 5) is 12.0. The van der Waals surface area contributed by atoms with Crippen molar-refractivity contribution < 1.29 is 14.3 Å². The average Bonchev–Trinajstić information content (AvgIpc) is 2.51. The van der Waals surface area contributed by atoms with Crippen molar-refractivity contribution >= 4 is 30.7 Å². The van der Waals surface area contributed by atoms with Crippen LogP contribution >= 0.6 is 24.8 Å². The van der Waals surface area contributed by atoms with Crippen molar-refractivity contribution in [2.45, 2.75) is 39.3 Å². The third-order valence-corrected chi connectivity index (χ3v) is 3.24. The molecule has 3 N–H and O–H groups in total. The third kappa shape index (κ3) is 10.7. The largest absolute Gasteiger partial charge is 0.493 e. The minimum Gasteiger partial charge on any atom is -0.493 e. The van der Waals surface area contributed by atoms with Crippen LogP contribution in [0.3, 0.4) is 0 Å². The standard InChI is InChI=1S/C18H31N3O3.2ClH/c1-18(2,3)21-16(22)13-24-17-14(8-6-9-15(17)23-5)12-20-11-7-10-19-4;;/h6,8-9,19-20H,7,10-13H2,1-5H3,(H,21,22);2*1H. The fourth-order valence-electron chi connectivity index (χ4n) is 2.23. The van der Waals surface area contributed by atoms with Gasteiger partial charge in [-0.15, -0.1) is 24.8 Å². The van der Waals surface area contributed by atoms with Gasteiger partial charge in [-0.05, 0) is 53.4 Å². The first-order valence-electron chi connectivity index (χ1n) is 8.32. The van der Waals surface area contributed by atoms with Gasteiger partial charge in [-0.3, -0.25) is 4.79 Å². The first kappa shape index (κ1) is 27.0. The Kier molecular flexibility index (Phi) is 14.5. The molecule has 0 heterocycles. The molecule has 1 amide bonds. The fourth-order valence-corrected chi connectivity index (χ4v) is 2.23. The molecule has 0 aliphatic heterocycles. The predicted molar refractivity (Wildman–Crippen MR) is 111 cm³/mol. The number of nitrogens with one attached hydrogen (secondary N) is 3.